The number of aromatic nitrogens is 2. The van der Waals surface area contributed by atoms with Crippen molar-refractivity contribution in [1.29, 1.82) is 0 Å². The number of nitrogens with one attached hydrogen (secondary N) is 2. The van der Waals surface area contributed by atoms with Gasteiger partial charge < -0.3 is 9.97 Å². The van der Waals surface area contributed by atoms with Crippen molar-refractivity contribution < 1.29 is 4.92 Å². The summed E-state index contributed by atoms with van der Waals surface area (Å²) in [5, 5.41) is 21.8. The monoisotopic (exact) mass is 657 g/mol. The number of nitro benzene ring substituents is 1. The summed E-state index contributed by atoms with van der Waals surface area (Å²) in [6.45, 7) is 4.38. The standard InChI is InChI=1S/C43H32ClN3O2/c1-3-24-11-9-15-29-31(22-33-27-13-5-7-17-37(27)45-42(33)39(24)29)41(35-21-26(47(48)49)19-20-36(35)44)32-23-34-28-14-6-8-18-38(28)46-43(34)40-25(4-2)12-10-16-30(32)40/h5-23,41,45-46H,3-4H2,1-2H3. The van der Waals surface area contributed by atoms with E-state index in [1.54, 1.807) is 12.1 Å². The van der Waals surface area contributed by atoms with Crippen molar-refractivity contribution in [3.8, 4) is 0 Å². The van der Waals surface area contributed by atoms with Gasteiger partial charge in [-0.15, -0.1) is 0 Å². The average molecular weight is 658 g/mol. The molecule has 0 aliphatic carbocycles. The summed E-state index contributed by atoms with van der Waals surface area (Å²) in [5.41, 5.74) is 9.69. The van der Waals surface area contributed by atoms with E-state index < -0.39 is 5.92 Å². The minimum Gasteiger partial charge on any atom is -0.354 e. The molecule has 0 amide bonds. The van der Waals surface area contributed by atoms with Crippen LogP contribution in [0.2, 0.25) is 5.02 Å². The molecule has 0 spiro atoms. The molecule has 0 atom stereocenters. The van der Waals surface area contributed by atoms with E-state index in [1.807, 2.05) is 0 Å². The molecule has 7 aromatic carbocycles. The highest BCUT2D eigenvalue weighted by Crippen LogP contribution is 2.48. The summed E-state index contributed by atoms with van der Waals surface area (Å²) >= 11 is 7.16. The van der Waals surface area contributed by atoms with Gasteiger partial charge in [0, 0.05) is 66.4 Å². The summed E-state index contributed by atoms with van der Waals surface area (Å²) in [6, 6.07) is 39.3. The number of nitrogens with zero attached hydrogens (tertiary/aromatic N) is 1. The van der Waals surface area contributed by atoms with E-state index in [2.05, 4.69) is 121 Å². The summed E-state index contributed by atoms with van der Waals surface area (Å²) < 4.78 is 0. The lowest BCUT2D eigenvalue weighted by Gasteiger charge is -2.25. The van der Waals surface area contributed by atoms with Crippen LogP contribution in [0.4, 0.5) is 5.69 Å². The first-order chi connectivity index (χ1) is 24.0. The van der Waals surface area contributed by atoms with Crippen LogP contribution in [0.25, 0.3) is 65.2 Å². The number of non-ortho nitro benzene ring substituents is 1. The largest absolute Gasteiger partial charge is 0.354 e. The molecule has 0 aliphatic rings. The van der Waals surface area contributed by atoms with Crippen LogP contribution in [-0.2, 0) is 12.8 Å². The van der Waals surface area contributed by atoms with E-state index in [-0.39, 0.29) is 10.6 Å². The smallest absolute Gasteiger partial charge is 0.269 e. The van der Waals surface area contributed by atoms with Crippen LogP contribution >= 0.6 is 11.6 Å². The Hall–Kier alpha value is -5.65. The fraction of sp³-hybridized carbons (Fsp3) is 0.116. The van der Waals surface area contributed by atoms with Crippen LogP contribution in [-0.4, -0.2) is 14.9 Å². The van der Waals surface area contributed by atoms with Gasteiger partial charge in [0.15, 0.2) is 0 Å². The van der Waals surface area contributed by atoms with Gasteiger partial charge in [0.25, 0.3) is 5.69 Å². The van der Waals surface area contributed by atoms with Gasteiger partial charge in [0.1, 0.15) is 0 Å². The highest BCUT2D eigenvalue weighted by atomic mass is 35.5. The molecule has 49 heavy (non-hydrogen) atoms. The number of hydrogen-bond acceptors (Lipinski definition) is 2. The van der Waals surface area contributed by atoms with Crippen LogP contribution < -0.4 is 0 Å². The number of aryl methyl sites for hydroxylation is 2. The van der Waals surface area contributed by atoms with Crippen molar-refractivity contribution in [3.05, 3.63) is 158 Å². The van der Waals surface area contributed by atoms with Crippen molar-refractivity contribution in [2.75, 3.05) is 0 Å². The van der Waals surface area contributed by atoms with Gasteiger partial charge in [-0.25, -0.2) is 0 Å². The molecule has 0 saturated heterocycles. The Morgan fingerprint density at radius 3 is 1.57 bits per heavy atom. The third-order valence-corrected chi connectivity index (χ3v) is 10.7. The zero-order chi connectivity index (χ0) is 33.4. The number of rotatable bonds is 6. The summed E-state index contributed by atoms with van der Waals surface area (Å²) in [6.07, 6.45) is 1.72. The molecule has 9 rings (SSSR count). The Morgan fingerprint density at radius 2 is 1.08 bits per heavy atom. The number of aromatic amines is 2. The van der Waals surface area contributed by atoms with E-state index in [4.69, 9.17) is 11.6 Å². The molecule has 2 heterocycles. The molecule has 2 N–H and O–H groups in total. The maximum Gasteiger partial charge on any atom is 0.269 e. The highest BCUT2D eigenvalue weighted by molar-refractivity contribution is 6.31. The van der Waals surface area contributed by atoms with E-state index in [9.17, 15) is 10.1 Å². The highest BCUT2D eigenvalue weighted by Gasteiger charge is 2.29. The minimum atomic E-state index is -0.423. The van der Waals surface area contributed by atoms with Gasteiger partial charge in [-0.1, -0.05) is 98.2 Å². The minimum absolute atomic E-state index is 0.0165. The molecule has 0 bridgehead atoms. The first-order valence-electron chi connectivity index (χ1n) is 16.8. The topological polar surface area (TPSA) is 74.7 Å². The Balaban J connectivity index is 1.51. The van der Waals surface area contributed by atoms with Gasteiger partial charge in [-0.05, 0) is 81.8 Å². The van der Waals surface area contributed by atoms with Crippen LogP contribution in [0, 0.1) is 10.1 Å². The second kappa shape index (κ2) is 11.2. The lowest BCUT2D eigenvalue weighted by atomic mass is 9.78. The van der Waals surface area contributed by atoms with Crippen molar-refractivity contribution in [1.82, 2.24) is 9.97 Å². The number of halogens is 1. The Morgan fingerprint density at radius 1 is 0.592 bits per heavy atom. The lowest BCUT2D eigenvalue weighted by Crippen LogP contribution is -2.08. The molecule has 0 saturated carbocycles. The number of fused-ring (bicyclic) bond motifs is 10. The van der Waals surface area contributed by atoms with E-state index in [1.165, 1.54) is 28.0 Å². The number of nitro groups is 1. The summed E-state index contributed by atoms with van der Waals surface area (Å²) in [4.78, 5) is 19.4. The first-order valence-corrected chi connectivity index (χ1v) is 17.2. The first kappa shape index (κ1) is 29.5. The molecule has 6 heteroatoms. The van der Waals surface area contributed by atoms with Gasteiger partial charge in [-0.2, -0.15) is 0 Å². The summed E-state index contributed by atoms with van der Waals surface area (Å²) in [7, 11) is 0. The molecule has 2 aromatic heterocycles. The van der Waals surface area contributed by atoms with Crippen molar-refractivity contribution in [2.45, 2.75) is 32.6 Å². The van der Waals surface area contributed by atoms with Gasteiger partial charge in [0.2, 0.25) is 0 Å². The van der Waals surface area contributed by atoms with Crippen LogP contribution in [0.15, 0.2) is 115 Å². The lowest BCUT2D eigenvalue weighted by molar-refractivity contribution is -0.384. The third-order valence-electron chi connectivity index (χ3n) is 10.4. The second-order valence-electron chi connectivity index (χ2n) is 12.9. The van der Waals surface area contributed by atoms with Gasteiger partial charge >= 0.3 is 0 Å². The van der Waals surface area contributed by atoms with Gasteiger partial charge in [0.05, 0.1) is 16.0 Å². The predicted octanol–water partition coefficient (Wildman–Crippen LogP) is 12.1. The number of H-pyrrole nitrogens is 2. The molecule has 238 valence electrons. The third kappa shape index (κ3) is 4.39. The van der Waals surface area contributed by atoms with Crippen LogP contribution in [0.1, 0.15) is 47.6 Å². The SMILES string of the molecule is CCc1cccc2c(C(c3cc([N+](=O)[O-])ccc3Cl)c3cc4c5ccccc5[nH]c4c4c(CC)cccc34)cc3c4ccccc4[nH]c3c12. The second-order valence-corrected chi connectivity index (χ2v) is 13.3. The quantitative estimate of drug-likeness (QED) is 0.106. The van der Waals surface area contributed by atoms with E-state index in [0.717, 1.165) is 78.4 Å². The van der Waals surface area contributed by atoms with Gasteiger partial charge in [-0.3, -0.25) is 10.1 Å². The zero-order valence-electron chi connectivity index (χ0n) is 27.1. The normalized spacial score (nSPS) is 12.1. The molecular weight excluding hydrogens is 626 g/mol. The fourth-order valence-electron chi connectivity index (χ4n) is 8.20. The molecule has 0 fully saturated rings. The number of para-hydroxylation sites is 2. The number of hydrogen-bond donors (Lipinski definition) is 2. The molecule has 9 aromatic rings. The average Bonchev–Trinajstić information content (AvgIpc) is 3.70. The summed E-state index contributed by atoms with van der Waals surface area (Å²) in [5.74, 6) is -0.423. The molecule has 0 aliphatic heterocycles. The predicted molar refractivity (Wildman–Crippen MR) is 204 cm³/mol. The van der Waals surface area contributed by atoms with Crippen LogP contribution in [0.3, 0.4) is 0 Å². The Labute approximate surface area is 287 Å². The number of benzene rings is 7. The molecule has 0 radical (unpaired) electrons. The van der Waals surface area contributed by atoms with Crippen LogP contribution in [0.5, 0.6) is 0 Å². The van der Waals surface area contributed by atoms with E-state index >= 15 is 0 Å². The Kier molecular flexibility index (Phi) is 6.75. The van der Waals surface area contributed by atoms with Crippen molar-refractivity contribution in [2.24, 2.45) is 0 Å². The zero-order valence-corrected chi connectivity index (χ0v) is 27.9. The van der Waals surface area contributed by atoms with Crippen molar-refractivity contribution in [3.63, 3.8) is 0 Å². The van der Waals surface area contributed by atoms with Crippen molar-refractivity contribution >= 4 is 82.4 Å². The molecular formula is C43H32ClN3O2. The molecule has 0 unspecified atom stereocenters. The maximum atomic E-state index is 12.3. The Bertz CT molecular complexity index is 2650. The fourth-order valence-corrected chi connectivity index (χ4v) is 8.42. The maximum absolute atomic E-state index is 12.3. The molecule has 5 nitrogen and oxygen atoms in total. The van der Waals surface area contributed by atoms with E-state index in [0.29, 0.717) is 10.6 Å².